The first-order valence-electron chi connectivity index (χ1n) is 20.3. The van der Waals surface area contributed by atoms with E-state index in [0.29, 0.717) is 5.56 Å². The van der Waals surface area contributed by atoms with E-state index in [1.807, 2.05) is 0 Å². The summed E-state index contributed by atoms with van der Waals surface area (Å²) in [5.74, 6) is -6.83. The van der Waals surface area contributed by atoms with E-state index in [2.05, 4.69) is 37.2 Å². The highest BCUT2D eigenvalue weighted by Crippen LogP contribution is 2.64. The first-order chi connectivity index (χ1) is 28.9. The number of rotatable bonds is 11. The van der Waals surface area contributed by atoms with Crippen LogP contribution in [-0.4, -0.2) is 114 Å². The molecule has 15 nitrogen and oxygen atoms in total. The Kier molecular flexibility index (Phi) is 13.2. The Morgan fingerprint density at radius 3 is 2.08 bits per heavy atom. The van der Waals surface area contributed by atoms with Gasteiger partial charge in [-0.15, -0.1) is 0 Å². The number of carbonyl (C=O) groups excluding carboxylic acids is 6. The molecule has 0 unspecified atom stereocenters. The zero-order valence-electron chi connectivity index (χ0n) is 35.7. The number of halogens is 2. The van der Waals surface area contributed by atoms with E-state index in [9.17, 15) is 39.3 Å². The predicted octanol–water partition coefficient (Wildman–Crippen LogP) is 4.36. The van der Waals surface area contributed by atoms with Crippen molar-refractivity contribution in [3.05, 3.63) is 82.9 Å². The largest absolute Gasteiger partial charge is 0.456 e. The van der Waals surface area contributed by atoms with Crippen molar-refractivity contribution >= 4 is 67.4 Å². The summed E-state index contributed by atoms with van der Waals surface area (Å²) in [5.41, 5.74) is -7.30. The number of Topliss-reactive ketones (excluding diaryl/α,β-unsaturated/α-hetero) is 1. The summed E-state index contributed by atoms with van der Waals surface area (Å²) in [6.07, 6.45) is -10.5. The van der Waals surface area contributed by atoms with Crippen molar-refractivity contribution in [3.8, 4) is 0 Å². The quantitative estimate of drug-likeness (QED) is 0.106. The molecule has 0 aromatic heterocycles. The van der Waals surface area contributed by atoms with Crippen LogP contribution in [0.4, 0.5) is 0 Å². The molecule has 1 saturated heterocycles. The fourth-order valence-electron chi connectivity index (χ4n) is 9.83. The van der Waals surface area contributed by atoms with Crippen molar-refractivity contribution in [2.45, 2.75) is 131 Å². The molecular weight excluding hydrogens is 938 g/mol. The van der Waals surface area contributed by atoms with E-state index in [1.165, 1.54) is 26.0 Å². The fourth-order valence-corrected chi connectivity index (χ4v) is 10.2. The highest BCUT2D eigenvalue weighted by Gasteiger charge is 2.78. The number of fused-ring (bicyclic) bond motifs is 5. The van der Waals surface area contributed by atoms with Gasteiger partial charge in [-0.2, -0.15) is 0 Å². The minimum absolute atomic E-state index is 0.00540. The van der Waals surface area contributed by atoms with Crippen LogP contribution < -0.4 is 5.32 Å². The van der Waals surface area contributed by atoms with E-state index in [1.54, 1.807) is 76.2 Å². The van der Waals surface area contributed by atoms with E-state index < -0.39 is 122 Å². The Labute approximate surface area is 376 Å². The molecule has 3 fully saturated rings. The summed E-state index contributed by atoms with van der Waals surface area (Å²) >= 11 is 6.85. The van der Waals surface area contributed by atoms with Crippen molar-refractivity contribution < 1.29 is 67.8 Å². The highest BCUT2D eigenvalue weighted by molar-refractivity contribution is 9.12. The van der Waals surface area contributed by atoms with E-state index in [4.69, 9.17) is 23.7 Å². The second-order valence-corrected chi connectivity index (χ2v) is 20.7. The van der Waals surface area contributed by atoms with Crippen molar-refractivity contribution in [1.82, 2.24) is 5.32 Å². The van der Waals surface area contributed by atoms with Gasteiger partial charge in [-0.3, -0.25) is 19.2 Å². The van der Waals surface area contributed by atoms with Crippen LogP contribution in [0.15, 0.2) is 71.8 Å². The Hall–Kier alpha value is -4.00. The van der Waals surface area contributed by atoms with Gasteiger partial charge < -0.3 is 44.3 Å². The number of hydrogen-bond donors (Lipinski definition) is 4. The number of benzene rings is 2. The number of hydrogen-bond acceptors (Lipinski definition) is 14. The van der Waals surface area contributed by atoms with Crippen LogP contribution in [0.2, 0.25) is 0 Å². The SMILES string of the molecule is CC(=O)O[C@H]1C(=O)[C@@]2(C)[C@H]([C@H](OC(=O)c3ccccc3)[C@]3(O)C[C@H](OC(=O)[C@H](O)[C@@H](NC(=O)[C@@](C)(Br)[C@H](C)Br)c4ccccc4)C(C)=C1C3(C)C)[C@]1(OC(C)=O)CO[C@@H]1C[C@@H]2O. The summed E-state index contributed by atoms with van der Waals surface area (Å²) in [7, 11) is 0. The molecule has 4 N–H and O–H groups in total. The topological polar surface area (TPSA) is 221 Å². The van der Waals surface area contributed by atoms with Gasteiger partial charge in [0.15, 0.2) is 23.6 Å². The van der Waals surface area contributed by atoms with Gasteiger partial charge in [-0.05, 0) is 49.6 Å². The monoisotopic (exact) mass is 989 g/mol. The van der Waals surface area contributed by atoms with Crippen LogP contribution in [0.3, 0.4) is 0 Å². The van der Waals surface area contributed by atoms with Crippen molar-refractivity contribution in [1.29, 1.82) is 0 Å². The second kappa shape index (κ2) is 17.2. The lowest BCUT2D eigenvalue weighted by atomic mass is 9.44. The molecule has 3 aliphatic carbocycles. The summed E-state index contributed by atoms with van der Waals surface area (Å²) in [4.78, 5) is 83.3. The lowest BCUT2D eigenvalue weighted by Gasteiger charge is -2.67. The lowest BCUT2D eigenvalue weighted by Crippen LogP contribution is -2.82. The van der Waals surface area contributed by atoms with E-state index in [-0.39, 0.29) is 29.7 Å². The predicted molar refractivity (Wildman–Crippen MR) is 228 cm³/mol. The fraction of sp³-hybridized carbons (Fsp3) is 0.556. The molecule has 2 bridgehead atoms. The molecular formula is C45H53Br2NO14. The van der Waals surface area contributed by atoms with Crippen LogP contribution in [0.1, 0.15) is 90.2 Å². The summed E-state index contributed by atoms with van der Waals surface area (Å²) in [6.45, 7) is 11.3. The van der Waals surface area contributed by atoms with E-state index in [0.717, 1.165) is 13.8 Å². The lowest BCUT2D eigenvalue weighted by molar-refractivity contribution is -0.346. The van der Waals surface area contributed by atoms with Gasteiger partial charge in [-0.1, -0.05) is 101 Å². The summed E-state index contributed by atoms with van der Waals surface area (Å²) < 4.78 is 29.1. The van der Waals surface area contributed by atoms with Gasteiger partial charge in [0.2, 0.25) is 5.91 Å². The Bertz CT molecular complexity index is 2140. The van der Waals surface area contributed by atoms with Crippen molar-refractivity contribution in [2.24, 2.45) is 16.7 Å². The average molecular weight is 992 g/mol. The normalized spacial score (nSPS) is 33.5. The Morgan fingerprint density at radius 1 is 0.952 bits per heavy atom. The Balaban J connectivity index is 1.54. The summed E-state index contributed by atoms with van der Waals surface area (Å²) in [6, 6.07) is 14.7. The van der Waals surface area contributed by atoms with Gasteiger partial charge in [0.1, 0.15) is 28.2 Å². The van der Waals surface area contributed by atoms with Crippen molar-refractivity contribution in [2.75, 3.05) is 6.61 Å². The molecule has 1 amide bonds. The van der Waals surface area contributed by atoms with E-state index >= 15 is 4.79 Å². The maximum atomic E-state index is 15.5. The van der Waals surface area contributed by atoms with Crippen LogP contribution >= 0.6 is 31.9 Å². The Morgan fingerprint density at radius 2 is 1.55 bits per heavy atom. The van der Waals surface area contributed by atoms with Crippen LogP contribution in [0, 0.1) is 16.7 Å². The molecule has 62 heavy (non-hydrogen) atoms. The van der Waals surface area contributed by atoms with Gasteiger partial charge in [0.25, 0.3) is 0 Å². The maximum Gasteiger partial charge on any atom is 0.338 e. The number of aliphatic hydroxyl groups is 3. The number of carbonyl (C=O) groups is 6. The molecule has 336 valence electrons. The molecule has 17 heteroatoms. The number of ether oxygens (including phenoxy) is 5. The molecule has 2 aromatic rings. The smallest absolute Gasteiger partial charge is 0.338 e. The van der Waals surface area contributed by atoms with Gasteiger partial charge in [0, 0.05) is 36.9 Å². The van der Waals surface area contributed by atoms with Gasteiger partial charge in [0.05, 0.1) is 35.6 Å². The number of ketones is 1. The van der Waals surface area contributed by atoms with Crippen molar-refractivity contribution in [3.63, 3.8) is 0 Å². The van der Waals surface area contributed by atoms with Crippen LogP contribution in [0.25, 0.3) is 0 Å². The van der Waals surface area contributed by atoms with Gasteiger partial charge in [-0.25, -0.2) is 9.59 Å². The summed E-state index contributed by atoms with van der Waals surface area (Å²) in [5, 5.41) is 40.3. The van der Waals surface area contributed by atoms with Crippen LogP contribution in [-0.2, 0) is 47.7 Å². The molecule has 4 aliphatic rings. The number of esters is 4. The molecule has 2 aromatic carbocycles. The molecule has 1 aliphatic heterocycles. The zero-order chi connectivity index (χ0) is 45.9. The first kappa shape index (κ1) is 47.5. The zero-order valence-corrected chi connectivity index (χ0v) is 38.9. The molecule has 0 spiro atoms. The number of alkyl halides is 2. The van der Waals surface area contributed by atoms with Crippen LogP contribution in [0.5, 0.6) is 0 Å². The highest BCUT2D eigenvalue weighted by atomic mass is 79.9. The molecule has 0 radical (unpaired) electrons. The molecule has 1 heterocycles. The minimum Gasteiger partial charge on any atom is -0.456 e. The third-order valence-corrected chi connectivity index (χ3v) is 16.2. The first-order valence-corrected chi connectivity index (χ1v) is 22.0. The average Bonchev–Trinajstić information content (AvgIpc) is 3.20. The molecule has 2 saturated carbocycles. The maximum absolute atomic E-state index is 15.5. The number of aliphatic hydroxyl groups excluding tert-OH is 2. The number of amides is 1. The second-order valence-electron chi connectivity index (χ2n) is 17.7. The third kappa shape index (κ3) is 7.84. The minimum atomic E-state index is -2.39. The van der Waals surface area contributed by atoms with Gasteiger partial charge >= 0.3 is 23.9 Å². The molecule has 6 rings (SSSR count). The molecule has 13 atom stereocenters. The standard InChI is InChI=1S/C45H53Br2NO14/c1-22-28(60-39(55)33(52)32(26-15-11-9-12-16-26)48-40(56)43(8,47)23(2)46)20-45(57)37(61-38(54)27-17-13-10-14-18-27)35-42(7,29(51)19-30-44(35,21-58-30)62-25(4)50)36(53)34(59-24(3)49)31(22)41(45,5)6/h9-18,23,28-30,32-35,37,51-52,57H,19-21H2,1-8H3,(H,48,56)/t23-,28-,29-,30+,32-,33+,34+,35-,37-,42+,43-,44-,45+/m0/s1. The number of nitrogens with one attached hydrogen (secondary N) is 1. The third-order valence-electron chi connectivity index (χ3n) is 13.6.